The molecule has 1 aromatic rings. The van der Waals surface area contributed by atoms with Crippen LogP contribution >= 0.6 is 0 Å². The Labute approximate surface area is 113 Å². The van der Waals surface area contributed by atoms with Crippen molar-refractivity contribution < 1.29 is 21.0 Å². The molecule has 0 amide bonds. The smallest absolute Gasteiger partial charge is 0.306 e. The molecule has 1 aliphatic heterocycles. The summed E-state index contributed by atoms with van der Waals surface area (Å²) in [6.45, 7) is 0.710. The first-order valence-corrected chi connectivity index (χ1v) is 9.28. The van der Waals surface area contributed by atoms with Gasteiger partial charge in [0.2, 0.25) is 10.0 Å². The van der Waals surface area contributed by atoms with E-state index in [1.165, 1.54) is 16.6 Å². The van der Waals surface area contributed by atoms with Crippen LogP contribution in [0.15, 0.2) is 18.2 Å². The molecule has 1 aromatic carbocycles. The van der Waals surface area contributed by atoms with Crippen LogP contribution in [-0.2, 0) is 33.1 Å². The molecule has 0 atom stereocenters. The summed E-state index contributed by atoms with van der Waals surface area (Å²) in [5.41, 5.74) is 1.79. The summed E-state index contributed by atoms with van der Waals surface area (Å²) < 4.78 is 51.2. The van der Waals surface area contributed by atoms with Gasteiger partial charge >= 0.3 is 10.1 Å². The Balaban J connectivity index is 2.26. The van der Waals surface area contributed by atoms with Gasteiger partial charge < -0.3 is 4.18 Å². The molecule has 0 bridgehead atoms. The van der Waals surface area contributed by atoms with E-state index in [4.69, 9.17) is 4.18 Å². The molecule has 0 aliphatic carbocycles. The molecule has 0 unspecified atom stereocenters. The summed E-state index contributed by atoms with van der Waals surface area (Å²) in [6, 6.07) is 4.88. The van der Waals surface area contributed by atoms with Crippen molar-refractivity contribution in [1.82, 2.24) is 4.31 Å². The van der Waals surface area contributed by atoms with Crippen LogP contribution in [0.3, 0.4) is 0 Å². The van der Waals surface area contributed by atoms with Gasteiger partial charge in [0.1, 0.15) is 5.75 Å². The van der Waals surface area contributed by atoms with E-state index in [2.05, 4.69) is 0 Å². The van der Waals surface area contributed by atoms with Gasteiger partial charge in [0.05, 0.1) is 12.5 Å². The normalized spacial score (nSPS) is 16.9. The third-order valence-corrected chi connectivity index (χ3v) is 4.62. The van der Waals surface area contributed by atoms with Gasteiger partial charge in [0.25, 0.3) is 0 Å². The number of nitrogens with zero attached hydrogens (tertiary/aromatic N) is 1. The van der Waals surface area contributed by atoms with Crippen LogP contribution in [0.5, 0.6) is 5.75 Å². The van der Waals surface area contributed by atoms with E-state index >= 15 is 0 Å². The minimum Gasteiger partial charge on any atom is -0.383 e. The number of hydrogen-bond donors (Lipinski definition) is 0. The SMILES string of the molecule is CS(=O)(=O)Oc1ccc2c(c1)CCN(S(C)(=O)=O)C2. The second kappa shape index (κ2) is 4.77. The molecule has 106 valence electrons. The van der Waals surface area contributed by atoms with E-state index in [1.807, 2.05) is 0 Å². The van der Waals surface area contributed by atoms with Gasteiger partial charge in [-0.3, -0.25) is 0 Å². The molecular weight excluding hydrogens is 290 g/mol. The summed E-state index contributed by atoms with van der Waals surface area (Å²) in [5, 5.41) is 0. The van der Waals surface area contributed by atoms with Gasteiger partial charge in [0, 0.05) is 13.1 Å². The van der Waals surface area contributed by atoms with Crippen LogP contribution in [0.2, 0.25) is 0 Å². The van der Waals surface area contributed by atoms with Crippen LogP contribution in [0.4, 0.5) is 0 Å². The quantitative estimate of drug-likeness (QED) is 0.752. The highest BCUT2D eigenvalue weighted by molar-refractivity contribution is 7.88. The van der Waals surface area contributed by atoms with Crippen molar-refractivity contribution in [3.05, 3.63) is 29.3 Å². The van der Waals surface area contributed by atoms with E-state index in [1.54, 1.807) is 12.1 Å². The highest BCUT2D eigenvalue weighted by Crippen LogP contribution is 2.25. The third kappa shape index (κ3) is 3.68. The van der Waals surface area contributed by atoms with E-state index in [9.17, 15) is 16.8 Å². The lowest BCUT2D eigenvalue weighted by Gasteiger charge is -2.26. The van der Waals surface area contributed by atoms with Crippen molar-refractivity contribution in [3.8, 4) is 5.75 Å². The standard InChI is InChI=1S/C11H15NO5S2/c1-18(13,14)12-6-5-9-7-11(17-19(2,15)16)4-3-10(9)8-12/h3-4,7H,5-6,8H2,1-2H3. The molecule has 6 nitrogen and oxygen atoms in total. The summed E-state index contributed by atoms with van der Waals surface area (Å²) in [7, 11) is -6.75. The highest BCUT2D eigenvalue weighted by atomic mass is 32.2. The Morgan fingerprint density at radius 1 is 1.11 bits per heavy atom. The summed E-state index contributed by atoms with van der Waals surface area (Å²) in [5.74, 6) is 0.258. The Hall–Kier alpha value is -1.12. The molecule has 0 spiro atoms. The number of benzene rings is 1. The van der Waals surface area contributed by atoms with Crippen LogP contribution in [0, 0.1) is 0 Å². The third-order valence-electron chi connectivity index (χ3n) is 2.87. The molecule has 0 saturated heterocycles. The van der Waals surface area contributed by atoms with Gasteiger partial charge in [-0.05, 0) is 29.7 Å². The number of fused-ring (bicyclic) bond motifs is 1. The lowest BCUT2D eigenvalue weighted by atomic mass is 10.0. The first-order valence-electron chi connectivity index (χ1n) is 5.61. The maximum atomic E-state index is 11.5. The predicted molar refractivity (Wildman–Crippen MR) is 70.9 cm³/mol. The number of sulfonamides is 1. The lowest BCUT2D eigenvalue weighted by Crippen LogP contribution is -2.35. The van der Waals surface area contributed by atoms with Gasteiger partial charge in [0.15, 0.2) is 0 Å². The topological polar surface area (TPSA) is 80.8 Å². The summed E-state index contributed by atoms with van der Waals surface area (Å²) in [6.07, 6.45) is 2.71. The number of hydrogen-bond acceptors (Lipinski definition) is 5. The monoisotopic (exact) mass is 305 g/mol. The molecule has 19 heavy (non-hydrogen) atoms. The fourth-order valence-corrected chi connectivity index (χ4v) is 3.26. The average molecular weight is 305 g/mol. The highest BCUT2D eigenvalue weighted by Gasteiger charge is 2.23. The molecule has 2 rings (SSSR count). The maximum Gasteiger partial charge on any atom is 0.306 e. The van der Waals surface area contributed by atoms with E-state index < -0.39 is 20.1 Å². The van der Waals surface area contributed by atoms with E-state index in [0.29, 0.717) is 19.5 Å². The van der Waals surface area contributed by atoms with Gasteiger partial charge in [-0.2, -0.15) is 12.7 Å². The molecule has 0 radical (unpaired) electrons. The van der Waals surface area contributed by atoms with Crippen molar-refractivity contribution in [2.24, 2.45) is 0 Å². The minimum atomic E-state index is -3.54. The van der Waals surface area contributed by atoms with Crippen LogP contribution in [0.1, 0.15) is 11.1 Å². The van der Waals surface area contributed by atoms with Crippen molar-refractivity contribution in [2.45, 2.75) is 13.0 Å². The van der Waals surface area contributed by atoms with Crippen molar-refractivity contribution in [3.63, 3.8) is 0 Å². The minimum absolute atomic E-state index is 0.258. The second-order valence-electron chi connectivity index (χ2n) is 4.56. The maximum absolute atomic E-state index is 11.5. The molecular formula is C11H15NO5S2. The Bertz CT molecular complexity index is 694. The van der Waals surface area contributed by atoms with Crippen molar-refractivity contribution >= 4 is 20.1 Å². The zero-order valence-electron chi connectivity index (χ0n) is 10.7. The first kappa shape index (κ1) is 14.3. The molecule has 0 aromatic heterocycles. The average Bonchev–Trinajstić information content (AvgIpc) is 2.24. The lowest BCUT2D eigenvalue weighted by molar-refractivity contribution is 0.394. The first-order chi connectivity index (χ1) is 8.65. The Morgan fingerprint density at radius 2 is 1.79 bits per heavy atom. The molecule has 0 saturated carbocycles. The fourth-order valence-electron chi connectivity index (χ4n) is 2.01. The molecule has 1 heterocycles. The number of rotatable bonds is 3. The van der Waals surface area contributed by atoms with Crippen LogP contribution < -0.4 is 4.18 Å². The van der Waals surface area contributed by atoms with Gasteiger partial charge in [-0.15, -0.1) is 0 Å². The van der Waals surface area contributed by atoms with E-state index in [0.717, 1.165) is 17.4 Å². The van der Waals surface area contributed by atoms with Crippen LogP contribution in [0.25, 0.3) is 0 Å². The largest absolute Gasteiger partial charge is 0.383 e. The molecule has 0 N–H and O–H groups in total. The zero-order chi connectivity index (χ0) is 14.3. The predicted octanol–water partition coefficient (Wildman–Crippen LogP) is 0.343. The second-order valence-corrected chi connectivity index (χ2v) is 8.12. The van der Waals surface area contributed by atoms with Crippen molar-refractivity contribution in [1.29, 1.82) is 0 Å². The zero-order valence-corrected chi connectivity index (χ0v) is 12.3. The van der Waals surface area contributed by atoms with Gasteiger partial charge in [-0.25, -0.2) is 8.42 Å². The van der Waals surface area contributed by atoms with E-state index in [-0.39, 0.29) is 5.75 Å². The summed E-state index contributed by atoms with van der Waals surface area (Å²) in [4.78, 5) is 0. The summed E-state index contributed by atoms with van der Waals surface area (Å²) >= 11 is 0. The Kier molecular flexibility index (Phi) is 3.59. The Morgan fingerprint density at radius 3 is 2.37 bits per heavy atom. The fraction of sp³-hybridized carbons (Fsp3) is 0.455. The van der Waals surface area contributed by atoms with Crippen molar-refractivity contribution in [2.75, 3.05) is 19.1 Å². The molecule has 8 heteroatoms. The molecule has 1 aliphatic rings. The van der Waals surface area contributed by atoms with Gasteiger partial charge in [-0.1, -0.05) is 6.07 Å². The van der Waals surface area contributed by atoms with Crippen LogP contribution in [-0.4, -0.2) is 40.2 Å². The molecule has 0 fully saturated rings.